The highest BCUT2D eigenvalue weighted by Crippen LogP contribution is 2.46. The van der Waals surface area contributed by atoms with Crippen LogP contribution in [0.5, 0.6) is 0 Å². The van der Waals surface area contributed by atoms with Crippen LogP contribution in [-0.2, 0) is 9.53 Å². The molecule has 2 heterocycles. The number of carbonyl (C=O) groups is 1. The fourth-order valence-electron chi connectivity index (χ4n) is 4.18. The normalized spacial score (nSPS) is 31.2. The average Bonchev–Trinajstić information content (AvgIpc) is 2.75. The van der Waals surface area contributed by atoms with E-state index >= 15 is 0 Å². The van der Waals surface area contributed by atoms with E-state index in [1.807, 2.05) is 0 Å². The largest absolute Gasteiger partial charge is 0.463 e. The van der Waals surface area contributed by atoms with Crippen LogP contribution in [0.1, 0.15) is 36.3 Å². The molecule has 1 aromatic carbocycles. The van der Waals surface area contributed by atoms with Gasteiger partial charge in [-0.05, 0) is 38.8 Å². The lowest BCUT2D eigenvalue weighted by Gasteiger charge is -2.41. The number of piperidine rings is 1. The molecule has 120 valence electrons. The second kappa shape index (κ2) is 6.37. The Kier molecular flexibility index (Phi) is 4.48. The quantitative estimate of drug-likeness (QED) is 0.801. The number of alkyl halides is 1. The van der Waals surface area contributed by atoms with E-state index < -0.39 is 6.67 Å². The van der Waals surface area contributed by atoms with Gasteiger partial charge in [-0.3, -0.25) is 9.69 Å². The van der Waals surface area contributed by atoms with Gasteiger partial charge in [-0.1, -0.05) is 29.8 Å². The number of rotatable bonds is 4. The van der Waals surface area contributed by atoms with Crippen molar-refractivity contribution in [1.29, 1.82) is 0 Å². The van der Waals surface area contributed by atoms with E-state index in [1.165, 1.54) is 11.1 Å². The van der Waals surface area contributed by atoms with Gasteiger partial charge in [0.15, 0.2) is 0 Å². The number of fused-ring (bicyclic) bond motifs is 2. The van der Waals surface area contributed by atoms with Crippen molar-refractivity contribution in [3.05, 3.63) is 35.4 Å². The van der Waals surface area contributed by atoms with Gasteiger partial charge in [-0.25, -0.2) is 4.39 Å². The first kappa shape index (κ1) is 15.5. The van der Waals surface area contributed by atoms with E-state index in [1.54, 1.807) is 0 Å². The molecule has 2 saturated heterocycles. The summed E-state index contributed by atoms with van der Waals surface area (Å²) in [5.74, 6) is -0.236. The lowest BCUT2D eigenvalue weighted by atomic mass is 9.76. The van der Waals surface area contributed by atoms with Crippen molar-refractivity contribution >= 4 is 5.97 Å². The van der Waals surface area contributed by atoms with Crippen molar-refractivity contribution in [3.8, 4) is 0 Å². The zero-order valence-corrected chi connectivity index (χ0v) is 13.3. The van der Waals surface area contributed by atoms with Gasteiger partial charge >= 0.3 is 5.97 Å². The first-order valence-corrected chi connectivity index (χ1v) is 8.13. The van der Waals surface area contributed by atoms with Gasteiger partial charge in [0, 0.05) is 18.0 Å². The third-order valence-corrected chi connectivity index (χ3v) is 5.37. The molecule has 0 saturated carbocycles. The van der Waals surface area contributed by atoms with Gasteiger partial charge in [0.05, 0.1) is 5.92 Å². The Hall–Kier alpha value is -1.42. The Morgan fingerprint density at radius 1 is 1.32 bits per heavy atom. The molecular formula is C18H24FNO2. The molecule has 22 heavy (non-hydrogen) atoms. The molecule has 2 aliphatic rings. The van der Waals surface area contributed by atoms with E-state index in [0.717, 1.165) is 19.3 Å². The number of benzene rings is 1. The van der Waals surface area contributed by atoms with Crippen LogP contribution >= 0.6 is 0 Å². The Bertz CT molecular complexity index is 530. The molecule has 0 aromatic heterocycles. The highest BCUT2D eigenvalue weighted by Gasteiger charge is 2.49. The molecule has 4 heteroatoms. The molecule has 0 amide bonds. The van der Waals surface area contributed by atoms with Crippen molar-refractivity contribution in [1.82, 2.24) is 4.90 Å². The van der Waals surface area contributed by atoms with E-state index in [-0.39, 0.29) is 30.5 Å². The fourth-order valence-corrected chi connectivity index (χ4v) is 4.18. The van der Waals surface area contributed by atoms with Crippen molar-refractivity contribution in [2.24, 2.45) is 5.92 Å². The summed E-state index contributed by atoms with van der Waals surface area (Å²) in [6.45, 7) is 1.32. The predicted octanol–water partition coefficient (Wildman–Crippen LogP) is 3.07. The first-order valence-electron chi connectivity index (χ1n) is 8.13. The summed E-state index contributed by atoms with van der Waals surface area (Å²) < 4.78 is 17.5. The van der Waals surface area contributed by atoms with E-state index in [0.29, 0.717) is 6.04 Å². The minimum atomic E-state index is -0.614. The smallest absolute Gasteiger partial charge is 0.311 e. The Morgan fingerprint density at radius 3 is 2.73 bits per heavy atom. The lowest BCUT2D eigenvalue weighted by molar-refractivity contribution is -0.153. The number of esters is 1. The zero-order valence-electron chi connectivity index (χ0n) is 13.3. The maximum atomic E-state index is 12.5. The molecule has 2 unspecified atom stereocenters. The molecule has 2 aliphatic heterocycles. The molecule has 1 aromatic rings. The highest BCUT2D eigenvalue weighted by molar-refractivity contribution is 5.75. The number of aryl methyl sites for hydroxylation is 1. The first-order chi connectivity index (χ1) is 10.6. The van der Waals surface area contributed by atoms with Gasteiger partial charge in [-0.2, -0.15) is 0 Å². The van der Waals surface area contributed by atoms with Crippen LogP contribution in [0.3, 0.4) is 0 Å². The summed E-state index contributed by atoms with van der Waals surface area (Å²) in [6.07, 6.45) is 3.14. The Balaban J connectivity index is 1.88. The van der Waals surface area contributed by atoms with Gasteiger partial charge in [0.1, 0.15) is 13.3 Å². The molecule has 0 aliphatic carbocycles. The van der Waals surface area contributed by atoms with Gasteiger partial charge in [-0.15, -0.1) is 0 Å². The molecule has 4 atom stereocenters. The number of nitrogens with zero attached hydrogens (tertiary/aromatic N) is 1. The Morgan fingerprint density at radius 2 is 2.05 bits per heavy atom. The third kappa shape index (κ3) is 2.76. The van der Waals surface area contributed by atoms with Crippen LogP contribution in [0, 0.1) is 12.8 Å². The van der Waals surface area contributed by atoms with Crippen molar-refractivity contribution < 1.29 is 13.9 Å². The third-order valence-electron chi connectivity index (χ3n) is 5.37. The number of hydrogen-bond donors (Lipinski definition) is 0. The minimum Gasteiger partial charge on any atom is -0.463 e. The predicted molar refractivity (Wildman–Crippen MR) is 83.5 cm³/mol. The van der Waals surface area contributed by atoms with Crippen LogP contribution in [0.2, 0.25) is 0 Å². The van der Waals surface area contributed by atoms with Gasteiger partial charge < -0.3 is 4.74 Å². The van der Waals surface area contributed by atoms with Crippen LogP contribution in [-0.4, -0.2) is 43.3 Å². The van der Waals surface area contributed by atoms with E-state index in [9.17, 15) is 9.18 Å². The summed E-state index contributed by atoms with van der Waals surface area (Å²) in [4.78, 5) is 14.9. The molecule has 0 radical (unpaired) electrons. The molecule has 0 spiro atoms. The minimum absolute atomic E-state index is 0.129. The molecule has 3 nitrogen and oxygen atoms in total. The average molecular weight is 304 g/mol. The summed E-state index contributed by atoms with van der Waals surface area (Å²) in [5.41, 5.74) is 2.43. The van der Waals surface area contributed by atoms with Crippen LogP contribution in [0.4, 0.5) is 4.39 Å². The van der Waals surface area contributed by atoms with Gasteiger partial charge in [0.25, 0.3) is 0 Å². The second-order valence-electron chi connectivity index (χ2n) is 6.60. The molecule has 2 bridgehead atoms. The van der Waals surface area contributed by atoms with E-state index in [2.05, 4.69) is 43.1 Å². The number of halogens is 1. The lowest BCUT2D eigenvalue weighted by Crippen LogP contribution is -2.49. The number of ether oxygens (including phenoxy) is 1. The Labute approximate surface area is 131 Å². The summed E-state index contributed by atoms with van der Waals surface area (Å²) in [5, 5.41) is 0. The van der Waals surface area contributed by atoms with Gasteiger partial charge in [0.2, 0.25) is 0 Å². The maximum absolute atomic E-state index is 12.5. The topological polar surface area (TPSA) is 29.5 Å². The van der Waals surface area contributed by atoms with Crippen LogP contribution in [0.25, 0.3) is 0 Å². The molecule has 2 fully saturated rings. The van der Waals surface area contributed by atoms with E-state index in [4.69, 9.17) is 4.74 Å². The number of hydrogen-bond acceptors (Lipinski definition) is 3. The SMILES string of the molecule is Cc1ccc([C@H]2CC3CCC([C@H]2C(=O)OCC[18F])N3C)cc1. The summed E-state index contributed by atoms with van der Waals surface area (Å²) >= 11 is 0. The van der Waals surface area contributed by atoms with Crippen LogP contribution in [0.15, 0.2) is 24.3 Å². The molecule has 3 rings (SSSR count). The summed E-state index contributed by atoms with van der Waals surface area (Å²) in [7, 11) is 2.10. The van der Waals surface area contributed by atoms with Crippen molar-refractivity contribution in [2.75, 3.05) is 20.3 Å². The zero-order chi connectivity index (χ0) is 15.7. The van der Waals surface area contributed by atoms with Crippen molar-refractivity contribution in [3.63, 3.8) is 0 Å². The maximum Gasteiger partial charge on any atom is 0.311 e. The highest BCUT2D eigenvalue weighted by atomic mass is 18.2. The van der Waals surface area contributed by atoms with Crippen molar-refractivity contribution in [2.45, 2.75) is 44.2 Å². The molecule has 0 N–H and O–H groups in total. The standard InChI is InChI=1S/C18H24FNO2/c1-12-3-5-13(6-4-12)15-11-14-7-8-16(20(14)2)17(15)18(21)22-10-9-19/h3-6,14-17H,7-11H2,1-2H3/t14?,15-,16?,17+/m1/s1/i19-1. The monoisotopic (exact) mass is 304 g/mol. The van der Waals surface area contributed by atoms with Crippen LogP contribution < -0.4 is 0 Å². The summed E-state index contributed by atoms with van der Waals surface area (Å²) in [6, 6.07) is 9.21. The number of carbonyl (C=O) groups excluding carboxylic acids is 1. The fraction of sp³-hybridized carbons (Fsp3) is 0.611. The molecular weight excluding hydrogens is 280 g/mol. The second-order valence-corrected chi connectivity index (χ2v) is 6.60.